The van der Waals surface area contributed by atoms with Gasteiger partial charge in [0.15, 0.2) is 0 Å². The average Bonchev–Trinajstić information content (AvgIpc) is 2.71. The largest absolute Gasteiger partial charge is 0.0799 e. The lowest BCUT2D eigenvalue weighted by atomic mass is 9.74. The third kappa shape index (κ3) is 2.13. The fourth-order valence-corrected chi connectivity index (χ4v) is 4.00. The average molecular weight is 240 g/mol. The number of hydrogen-bond acceptors (Lipinski definition) is 0. The van der Waals surface area contributed by atoms with Crippen LogP contribution >= 0.6 is 0 Å². The first-order chi connectivity index (χ1) is 8.54. The van der Waals surface area contributed by atoms with Crippen LogP contribution in [0.1, 0.15) is 57.1 Å². The highest BCUT2D eigenvalue weighted by atomic mass is 14.4. The van der Waals surface area contributed by atoms with Crippen LogP contribution in [0.5, 0.6) is 0 Å². The molecule has 0 N–H and O–H groups in total. The summed E-state index contributed by atoms with van der Waals surface area (Å²) in [6.07, 6.45) is 9.01. The van der Waals surface area contributed by atoms with Crippen LogP contribution in [0.2, 0.25) is 0 Å². The van der Waals surface area contributed by atoms with Crippen LogP contribution < -0.4 is 0 Å². The van der Waals surface area contributed by atoms with Crippen LogP contribution in [0, 0.1) is 17.3 Å². The van der Waals surface area contributed by atoms with E-state index in [-0.39, 0.29) is 0 Å². The highest BCUT2D eigenvalue weighted by Crippen LogP contribution is 2.51. The van der Waals surface area contributed by atoms with Crippen LogP contribution in [0.15, 0.2) is 30.3 Å². The standard InChI is InChI=1S/C18H24/c1-18(2,3)12-14-9-11-17-15-7-5-4-6-13(15)8-10-16(14)17/h4-8,10,14,16-17H,9,11-12H2,1-3H3. The van der Waals surface area contributed by atoms with Crippen molar-refractivity contribution in [3.8, 4) is 0 Å². The van der Waals surface area contributed by atoms with Crippen LogP contribution in [0.3, 0.4) is 0 Å². The minimum absolute atomic E-state index is 0.463. The molecule has 1 aromatic carbocycles. The van der Waals surface area contributed by atoms with Crippen molar-refractivity contribution >= 4 is 6.08 Å². The second kappa shape index (κ2) is 4.26. The van der Waals surface area contributed by atoms with Crippen molar-refractivity contribution in [1.82, 2.24) is 0 Å². The summed E-state index contributed by atoms with van der Waals surface area (Å²) in [7, 11) is 0. The molecule has 2 aliphatic rings. The van der Waals surface area contributed by atoms with E-state index in [4.69, 9.17) is 0 Å². The highest BCUT2D eigenvalue weighted by molar-refractivity contribution is 5.58. The minimum Gasteiger partial charge on any atom is -0.0799 e. The normalized spacial score (nSPS) is 30.1. The van der Waals surface area contributed by atoms with Crippen molar-refractivity contribution in [3.63, 3.8) is 0 Å². The van der Waals surface area contributed by atoms with Crippen molar-refractivity contribution in [1.29, 1.82) is 0 Å². The Balaban J connectivity index is 1.86. The molecule has 3 rings (SSSR count). The molecule has 3 unspecified atom stereocenters. The van der Waals surface area contributed by atoms with E-state index in [1.54, 1.807) is 5.56 Å². The molecule has 1 fully saturated rings. The molecular weight excluding hydrogens is 216 g/mol. The van der Waals surface area contributed by atoms with Gasteiger partial charge in [-0.15, -0.1) is 0 Å². The zero-order valence-electron chi connectivity index (χ0n) is 11.8. The van der Waals surface area contributed by atoms with Gasteiger partial charge < -0.3 is 0 Å². The summed E-state index contributed by atoms with van der Waals surface area (Å²) in [4.78, 5) is 0. The fraction of sp³-hybridized carbons (Fsp3) is 0.556. The SMILES string of the molecule is CC(C)(C)CC1CCC2c3ccccc3C=CC12. The molecule has 0 nitrogen and oxygen atoms in total. The van der Waals surface area contributed by atoms with Gasteiger partial charge in [0, 0.05) is 0 Å². The third-order valence-electron chi connectivity index (χ3n) is 4.63. The van der Waals surface area contributed by atoms with Crippen molar-refractivity contribution < 1.29 is 0 Å². The lowest BCUT2D eigenvalue weighted by Gasteiger charge is -2.30. The molecule has 18 heavy (non-hydrogen) atoms. The van der Waals surface area contributed by atoms with Crippen molar-refractivity contribution in [2.24, 2.45) is 17.3 Å². The molecule has 0 heteroatoms. The van der Waals surface area contributed by atoms with Gasteiger partial charge in [-0.2, -0.15) is 0 Å². The molecule has 0 aromatic heterocycles. The second-order valence-electron chi connectivity index (χ2n) is 7.27. The van der Waals surface area contributed by atoms with Gasteiger partial charge >= 0.3 is 0 Å². The van der Waals surface area contributed by atoms with Gasteiger partial charge in [0.1, 0.15) is 0 Å². The summed E-state index contributed by atoms with van der Waals surface area (Å²) in [6.45, 7) is 7.13. The maximum atomic E-state index is 2.50. The minimum atomic E-state index is 0.463. The van der Waals surface area contributed by atoms with Gasteiger partial charge in [-0.1, -0.05) is 57.2 Å². The Morgan fingerprint density at radius 2 is 1.89 bits per heavy atom. The first-order valence-corrected chi connectivity index (χ1v) is 7.32. The molecule has 0 radical (unpaired) electrons. The summed E-state index contributed by atoms with van der Waals surface area (Å²) in [5.74, 6) is 2.47. The molecular formula is C18H24. The van der Waals surface area contributed by atoms with Crippen molar-refractivity contribution in [3.05, 3.63) is 41.5 Å². The summed E-state index contributed by atoms with van der Waals surface area (Å²) < 4.78 is 0. The smallest absolute Gasteiger partial charge is 0.00902 e. The molecule has 0 aliphatic heterocycles. The Hall–Kier alpha value is -1.04. The van der Waals surface area contributed by atoms with E-state index in [9.17, 15) is 0 Å². The van der Waals surface area contributed by atoms with E-state index in [2.05, 4.69) is 57.2 Å². The molecule has 96 valence electrons. The van der Waals surface area contributed by atoms with E-state index >= 15 is 0 Å². The summed E-state index contributed by atoms with van der Waals surface area (Å²) in [5, 5.41) is 0. The van der Waals surface area contributed by atoms with E-state index in [1.165, 1.54) is 24.8 Å². The monoisotopic (exact) mass is 240 g/mol. The Kier molecular flexibility index (Phi) is 2.84. The second-order valence-corrected chi connectivity index (χ2v) is 7.27. The van der Waals surface area contributed by atoms with Gasteiger partial charge in [-0.05, 0) is 53.6 Å². The van der Waals surface area contributed by atoms with Crippen molar-refractivity contribution in [2.45, 2.75) is 46.0 Å². The maximum absolute atomic E-state index is 2.50. The van der Waals surface area contributed by atoms with E-state index in [0.717, 1.165) is 17.8 Å². The first kappa shape index (κ1) is 12.0. The topological polar surface area (TPSA) is 0 Å². The van der Waals surface area contributed by atoms with Crippen LogP contribution in [0.4, 0.5) is 0 Å². The van der Waals surface area contributed by atoms with Crippen molar-refractivity contribution in [2.75, 3.05) is 0 Å². The predicted molar refractivity (Wildman–Crippen MR) is 78.5 cm³/mol. The number of rotatable bonds is 1. The van der Waals surface area contributed by atoms with Gasteiger partial charge in [0.05, 0.1) is 0 Å². The highest BCUT2D eigenvalue weighted by Gasteiger charge is 2.38. The molecule has 1 saturated carbocycles. The third-order valence-corrected chi connectivity index (χ3v) is 4.63. The summed E-state index contributed by atoms with van der Waals surface area (Å²) in [5.41, 5.74) is 3.52. The Labute approximate surface area is 111 Å². The van der Waals surface area contributed by atoms with E-state index in [0.29, 0.717) is 5.41 Å². The molecule has 0 saturated heterocycles. The van der Waals surface area contributed by atoms with E-state index < -0.39 is 0 Å². The molecule has 0 heterocycles. The van der Waals surface area contributed by atoms with Gasteiger partial charge in [0.2, 0.25) is 0 Å². The van der Waals surface area contributed by atoms with E-state index in [1.807, 2.05) is 0 Å². The van der Waals surface area contributed by atoms with Gasteiger partial charge in [-0.25, -0.2) is 0 Å². The molecule has 0 spiro atoms. The molecule has 2 aliphatic carbocycles. The van der Waals surface area contributed by atoms with Crippen LogP contribution in [-0.2, 0) is 0 Å². The summed E-state index contributed by atoms with van der Waals surface area (Å²) >= 11 is 0. The molecule has 0 bridgehead atoms. The maximum Gasteiger partial charge on any atom is -0.00902 e. The van der Waals surface area contributed by atoms with Gasteiger partial charge in [0.25, 0.3) is 0 Å². The zero-order valence-corrected chi connectivity index (χ0v) is 11.8. The van der Waals surface area contributed by atoms with Crippen LogP contribution in [-0.4, -0.2) is 0 Å². The zero-order chi connectivity index (χ0) is 12.8. The Morgan fingerprint density at radius 3 is 2.67 bits per heavy atom. The quantitative estimate of drug-likeness (QED) is 0.628. The fourth-order valence-electron chi connectivity index (χ4n) is 4.00. The number of hydrogen-bond donors (Lipinski definition) is 0. The molecule has 1 aromatic rings. The Bertz CT molecular complexity index is 461. The molecule has 3 atom stereocenters. The summed E-state index contributed by atoms with van der Waals surface area (Å²) in [6, 6.07) is 8.96. The number of benzene rings is 1. The predicted octanol–water partition coefficient (Wildman–Crippen LogP) is 5.26. The van der Waals surface area contributed by atoms with Crippen LogP contribution in [0.25, 0.3) is 6.08 Å². The molecule has 0 amide bonds. The number of allylic oxidation sites excluding steroid dienone is 1. The lowest BCUT2D eigenvalue weighted by Crippen LogP contribution is -2.20. The lowest BCUT2D eigenvalue weighted by molar-refractivity contribution is 0.265. The Morgan fingerprint density at radius 1 is 1.11 bits per heavy atom. The number of fused-ring (bicyclic) bond motifs is 3. The van der Waals surface area contributed by atoms with Gasteiger partial charge in [-0.3, -0.25) is 0 Å². The first-order valence-electron chi connectivity index (χ1n) is 7.32.